The molecule has 0 bridgehead atoms. The Balaban J connectivity index is 1.96. The lowest BCUT2D eigenvalue weighted by Gasteiger charge is -2.33. The van der Waals surface area contributed by atoms with Crippen molar-refractivity contribution >= 4 is 10.0 Å². The summed E-state index contributed by atoms with van der Waals surface area (Å²) >= 11 is 0. The molecule has 2 heterocycles. The average molecular weight is 376 g/mol. The Labute approximate surface area is 142 Å². The van der Waals surface area contributed by atoms with E-state index in [1.807, 2.05) is 0 Å². The fourth-order valence-corrected chi connectivity index (χ4v) is 4.25. The highest BCUT2D eigenvalue weighted by atomic mass is 32.2. The number of nitrogens with zero attached hydrogens (tertiary/aromatic N) is 2. The molecule has 1 aromatic carbocycles. The van der Waals surface area contributed by atoms with E-state index < -0.39 is 28.8 Å². The fraction of sp³-hybridized carbons (Fsp3) is 0.400. The van der Waals surface area contributed by atoms with Crippen LogP contribution in [0.15, 0.2) is 39.9 Å². The summed E-state index contributed by atoms with van der Waals surface area (Å²) in [5, 5.41) is 3.56. The van der Waals surface area contributed by atoms with Gasteiger partial charge in [0.05, 0.1) is 17.7 Å². The number of sulfonamides is 1. The van der Waals surface area contributed by atoms with E-state index in [0.29, 0.717) is 16.9 Å². The highest BCUT2D eigenvalue weighted by molar-refractivity contribution is 7.89. The van der Waals surface area contributed by atoms with Crippen molar-refractivity contribution in [3.63, 3.8) is 0 Å². The lowest BCUT2D eigenvalue weighted by atomic mass is 10.1. The first kappa shape index (κ1) is 17.9. The van der Waals surface area contributed by atoms with Gasteiger partial charge in [-0.3, -0.25) is 0 Å². The van der Waals surface area contributed by atoms with Crippen molar-refractivity contribution in [2.45, 2.75) is 24.1 Å². The predicted octanol–water partition coefficient (Wildman–Crippen LogP) is 2.60. The molecular formula is C15H15F3N2O4S. The normalized spacial score (nSPS) is 19.9. The van der Waals surface area contributed by atoms with Crippen molar-refractivity contribution in [3.8, 4) is 11.3 Å². The van der Waals surface area contributed by atoms with Crippen LogP contribution in [0.2, 0.25) is 0 Å². The van der Waals surface area contributed by atoms with Crippen molar-refractivity contribution in [1.82, 2.24) is 9.46 Å². The van der Waals surface area contributed by atoms with Gasteiger partial charge in [0.2, 0.25) is 10.0 Å². The van der Waals surface area contributed by atoms with Crippen LogP contribution in [0.4, 0.5) is 13.2 Å². The number of benzene rings is 1. The minimum absolute atomic E-state index is 0.0655. The minimum Gasteiger partial charge on any atom is -0.366 e. The first-order chi connectivity index (χ1) is 11.7. The number of halogens is 3. The molecule has 1 saturated heterocycles. The first-order valence-corrected chi connectivity index (χ1v) is 8.84. The van der Waals surface area contributed by atoms with Crippen molar-refractivity contribution in [1.29, 1.82) is 0 Å². The highest BCUT2D eigenvalue weighted by Crippen LogP contribution is 2.31. The molecule has 136 valence electrons. The number of aromatic nitrogens is 1. The van der Waals surface area contributed by atoms with Crippen LogP contribution in [0.3, 0.4) is 0 Å². The van der Waals surface area contributed by atoms with Crippen molar-refractivity contribution < 1.29 is 30.8 Å². The number of hydrogen-bond acceptors (Lipinski definition) is 5. The SMILES string of the molecule is Cc1ccc(-c2ccno2)cc1S(=O)(=O)N1CCOC(C(F)(F)F)C1. The van der Waals surface area contributed by atoms with Crippen LogP contribution >= 0.6 is 0 Å². The first-order valence-electron chi connectivity index (χ1n) is 7.40. The smallest absolute Gasteiger partial charge is 0.366 e. The molecule has 1 fully saturated rings. The van der Waals surface area contributed by atoms with Crippen LogP contribution in [0, 0.1) is 6.92 Å². The van der Waals surface area contributed by atoms with E-state index in [0.717, 1.165) is 4.31 Å². The molecule has 1 unspecified atom stereocenters. The molecule has 6 nitrogen and oxygen atoms in total. The Bertz CT molecular complexity index is 850. The molecule has 2 aromatic rings. The van der Waals surface area contributed by atoms with Crippen LogP contribution in [-0.2, 0) is 14.8 Å². The lowest BCUT2D eigenvalue weighted by Crippen LogP contribution is -2.51. The molecule has 0 aliphatic carbocycles. The zero-order valence-corrected chi connectivity index (χ0v) is 14.0. The number of aryl methyl sites for hydroxylation is 1. The monoisotopic (exact) mass is 376 g/mol. The molecule has 0 radical (unpaired) electrons. The largest absolute Gasteiger partial charge is 0.415 e. The summed E-state index contributed by atoms with van der Waals surface area (Å²) in [6.45, 7) is 0.363. The summed E-state index contributed by atoms with van der Waals surface area (Å²) in [5.41, 5.74) is 0.903. The van der Waals surface area contributed by atoms with Gasteiger partial charge in [0.1, 0.15) is 0 Å². The quantitative estimate of drug-likeness (QED) is 0.823. The van der Waals surface area contributed by atoms with E-state index in [-0.39, 0.29) is 18.0 Å². The maximum Gasteiger partial charge on any atom is 0.415 e. The Morgan fingerprint density at radius 2 is 2.04 bits per heavy atom. The van der Waals surface area contributed by atoms with Crippen molar-refractivity contribution in [3.05, 3.63) is 36.0 Å². The van der Waals surface area contributed by atoms with Gasteiger partial charge in [-0.1, -0.05) is 17.3 Å². The molecule has 1 aromatic heterocycles. The molecule has 1 aliphatic rings. The Morgan fingerprint density at radius 3 is 2.68 bits per heavy atom. The standard InChI is InChI=1S/C15H15F3N2O4S/c1-10-2-3-11(12-4-5-19-24-12)8-13(10)25(21,22)20-6-7-23-14(9-20)15(16,17)18/h2-5,8,14H,6-7,9H2,1H3. The molecule has 0 saturated carbocycles. The number of morpholine rings is 1. The lowest BCUT2D eigenvalue weighted by molar-refractivity contribution is -0.231. The summed E-state index contributed by atoms with van der Waals surface area (Å²) < 4.78 is 74.8. The summed E-state index contributed by atoms with van der Waals surface area (Å²) in [7, 11) is -4.11. The van der Waals surface area contributed by atoms with Gasteiger partial charge in [0.25, 0.3) is 0 Å². The summed E-state index contributed by atoms with van der Waals surface area (Å²) in [5.74, 6) is 0.367. The molecule has 10 heteroatoms. The van der Waals surface area contributed by atoms with Crippen molar-refractivity contribution in [2.75, 3.05) is 19.7 Å². The average Bonchev–Trinajstić information content (AvgIpc) is 3.09. The van der Waals surface area contributed by atoms with E-state index in [9.17, 15) is 21.6 Å². The second kappa shape index (κ2) is 6.43. The van der Waals surface area contributed by atoms with Crippen molar-refractivity contribution in [2.24, 2.45) is 0 Å². The second-order valence-electron chi connectivity index (χ2n) is 5.62. The molecule has 0 amide bonds. The highest BCUT2D eigenvalue weighted by Gasteiger charge is 2.46. The molecule has 1 aliphatic heterocycles. The Kier molecular flexibility index (Phi) is 4.60. The number of rotatable bonds is 3. The zero-order chi connectivity index (χ0) is 18.2. The summed E-state index contributed by atoms with van der Waals surface area (Å²) in [6, 6.07) is 6.18. The van der Waals surface area contributed by atoms with Gasteiger partial charge in [0.15, 0.2) is 11.9 Å². The van der Waals surface area contributed by atoms with Crippen LogP contribution in [-0.4, -0.2) is 49.9 Å². The third-order valence-electron chi connectivity index (χ3n) is 3.92. The van der Waals surface area contributed by atoms with E-state index >= 15 is 0 Å². The molecule has 3 rings (SSSR count). The molecule has 25 heavy (non-hydrogen) atoms. The maximum atomic E-state index is 12.9. The summed E-state index contributed by atoms with van der Waals surface area (Å²) in [6.07, 6.45) is -5.33. The number of ether oxygens (including phenoxy) is 1. The molecule has 0 N–H and O–H groups in total. The molecule has 0 spiro atoms. The summed E-state index contributed by atoms with van der Waals surface area (Å²) in [4.78, 5) is -0.0655. The van der Waals surface area contributed by atoms with Crippen LogP contribution in [0.5, 0.6) is 0 Å². The minimum atomic E-state index is -4.62. The van der Waals surface area contributed by atoms with Gasteiger partial charge >= 0.3 is 6.18 Å². The Hall–Kier alpha value is -1.91. The topological polar surface area (TPSA) is 72.6 Å². The van der Waals surface area contributed by atoms with E-state index in [2.05, 4.69) is 9.89 Å². The van der Waals surface area contributed by atoms with Gasteiger partial charge in [-0.2, -0.15) is 17.5 Å². The van der Waals surface area contributed by atoms with Crippen LogP contribution in [0.1, 0.15) is 5.56 Å². The predicted molar refractivity (Wildman–Crippen MR) is 81.2 cm³/mol. The van der Waals surface area contributed by atoms with E-state index in [1.54, 1.807) is 25.1 Å². The van der Waals surface area contributed by atoms with Crippen LogP contribution < -0.4 is 0 Å². The van der Waals surface area contributed by atoms with E-state index in [1.165, 1.54) is 12.3 Å². The number of alkyl halides is 3. The van der Waals surface area contributed by atoms with Gasteiger partial charge in [-0.25, -0.2) is 8.42 Å². The molecular weight excluding hydrogens is 361 g/mol. The molecule has 1 atom stereocenters. The van der Waals surface area contributed by atoms with Gasteiger partial charge in [-0.15, -0.1) is 0 Å². The van der Waals surface area contributed by atoms with E-state index in [4.69, 9.17) is 4.52 Å². The fourth-order valence-electron chi connectivity index (χ4n) is 2.58. The zero-order valence-electron chi connectivity index (χ0n) is 13.2. The Morgan fingerprint density at radius 1 is 1.28 bits per heavy atom. The third kappa shape index (κ3) is 3.55. The van der Waals surface area contributed by atoms with Gasteiger partial charge < -0.3 is 9.26 Å². The van der Waals surface area contributed by atoms with Gasteiger partial charge in [-0.05, 0) is 18.6 Å². The number of hydrogen-bond donors (Lipinski definition) is 0. The van der Waals surface area contributed by atoms with Gasteiger partial charge in [0, 0.05) is 24.7 Å². The van der Waals surface area contributed by atoms with Crippen LogP contribution in [0.25, 0.3) is 11.3 Å². The maximum absolute atomic E-state index is 12.9. The third-order valence-corrected chi connectivity index (χ3v) is 5.93. The second-order valence-corrected chi connectivity index (χ2v) is 7.53.